The van der Waals surface area contributed by atoms with E-state index in [4.69, 9.17) is 0 Å². The van der Waals surface area contributed by atoms with Gasteiger partial charge in [0, 0.05) is 31.1 Å². The molecule has 1 aromatic carbocycles. The van der Waals surface area contributed by atoms with E-state index in [-0.39, 0.29) is 11.9 Å². The molecule has 1 unspecified atom stereocenters. The van der Waals surface area contributed by atoms with Gasteiger partial charge in [0.25, 0.3) is 5.91 Å². The maximum absolute atomic E-state index is 11.9. The lowest BCUT2D eigenvalue weighted by molar-refractivity contribution is -0.126. The SMILES string of the molecule is CN(C(=O)C#Cc1ccccc1)C1CCCNC1. The highest BCUT2D eigenvalue weighted by molar-refractivity contribution is 5.94. The third-order valence-corrected chi connectivity index (χ3v) is 3.23. The Morgan fingerprint density at radius 1 is 1.39 bits per heavy atom. The highest BCUT2D eigenvalue weighted by atomic mass is 16.2. The van der Waals surface area contributed by atoms with Crippen molar-refractivity contribution < 1.29 is 4.79 Å². The highest BCUT2D eigenvalue weighted by Gasteiger charge is 2.20. The van der Waals surface area contributed by atoms with Crippen molar-refractivity contribution in [3.05, 3.63) is 35.9 Å². The smallest absolute Gasteiger partial charge is 0.298 e. The average Bonchev–Trinajstić information content (AvgIpc) is 2.46. The summed E-state index contributed by atoms with van der Waals surface area (Å²) >= 11 is 0. The molecule has 94 valence electrons. The van der Waals surface area contributed by atoms with Gasteiger partial charge in [-0.3, -0.25) is 4.79 Å². The summed E-state index contributed by atoms with van der Waals surface area (Å²) in [6.45, 7) is 1.92. The molecule has 2 rings (SSSR count). The number of benzene rings is 1. The molecule has 1 aliphatic heterocycles. The van der Waals surface area contributed by atoms with Gasteiger partial charge in [-0.1, -0.05) is 24.1 Å². The molecule has 0 saturated carbocycles. The van der Waals surface area contributed by atoms with E-state index in [0.29, 0.717) is 0 Å². The van der Waals surface area contributed by atoms with Gasteiger partial charge in [-0.2, -0.15) is 0 Å². The first kappa shape index (κ1) is 12.7. The summed E-state index contributed by atoms with van der Waals surface area (Å²) in [6.07, 6.45) is 2.18. The molecule has 1 atom stereocenters. The van der Waals surface area contributed by atoms with Gasteiger partial charge in [0.05, 0.1) is 0 Å². The number of carbonyl (C=O) groups is 1. The van der Waals surface area contributed by atoms with Crippen LogP contribution in [0.1, 0.15) is 18.4 Å². The van der Waals surface area contributed by atoms with E-state index in [0.717, 1.165) is 31.5 Å². The molecule has 1 N–H and O–H groups in total. The Morgan fingerprint density at radius 2 is 2.17 bits per heavy atom. The van der Waals surface area contributed by atoms with E-state index in [9.17, 15) is 4.79 Å². The molecule has 3 nitrogen and oxygen atoms in total. The summed E-state index contributed by atoms with van der Waals surface area (Å²) in [5, 5.41) is 3.30. The molecule has 0 spiro atoms. The Bertz CT molecular complexity index is 452. The molecular formula is C15H18N2O. The quantitative estimate of drug-likeness (QED) is 0.752. The normalized spacial score (nSPS) is 18.6. The summed E-state index contributed by atoms with van der Waals surface area (Å²) in [5.74, 6) is 5.50. The van der Waals surface area contributed by atoms with Gasteiger partial charge >= 0.3 is 0 Å². The molecule has 1 fully saturated rings. The molecule has 0 radical (unpaired) electrons. The fourth-order valence-corrected chi connectivity index (χ4v) is 2.07. The number of rotatable bonds is 1. The van der Waals surface area contributed by atoms with Crippen LogP contribution in [0.25, 0.3) is 0 Å². The molecule has 0 aromatic heterocycles. The fraction of sp³-hybridized carbons (Fsp3) is 0.400. The topological polar surface area (TPSA) is 32.3 Å². The number of likely N-dealkylation sites (N-methyl/N-ethyl adjacent to an activating group) is 1. The third-order valence-electron chi connectivity index (χ3n) is 3.23. The van der Waals surface area contributed by atoms with Gasteiger partial charge in [-0.15, -0.1) is 0 Å². The van der Waals surface area contributed by atoms with Crippen LogP contribution in [-0.2, 0) is 4.79 Å². The van der Waals surface area contributed by atoms with Crippen LogP contribution in [0, 0.1) is 11.8 Å². The van der Waals surface area contributed by atoms with Crippen LogP contribution in [0.4, 0.5) is 0 Å². The lowest BCUT2D eigenvalue weighted by Crippen LogP contribution is -2.46. The molecule has 0 aliphatic carbocycles. The molecule has 1 saturated heterocycles. The zero-order valence-corrected chi connectivity index (χ0v) is 10.6. The molecule has 18 heavy (non-hydrogen) atoms. The maximum Gasteiger partial charge on any atom is 0.298 e. The number of nitrogens with one attached hydrogen (secondary N) is 1. The van der Waals surface area contributed by atoms with E-state index in [1.54, 1.807) is 4.90 Å². The number of hydrogen-bond acceptors (Lipinski definition) is 2. The molecule has 3 heteroatoms. The monoisotopic (exact) mass is 242 g/mol. The Kier molecular flexibility index (Phi) is 4.38. The number of nitrogens with zero attached hydrogens (tertiary/aromatic N) is 1. The van der Waals surface area contributed by atoms with Gasteiger partial charge in [0.1, 0.15) is 0 Å². The molecule has 1 aliphatic rings. The van der Waals surface area contributed by atoms with Crippen molar-refractivity contribution in [2.75, 3.05) is 20.1 Å². The zero-order valence-electron chi connectivity index (χ0n) is 10.6. The van der Waals surface area contributed by atoms with E-state index in [2.05, 4.69) is 17.2 Å². The second kappa shape index (κ2) is 6.23. The second-order valence-electron chi connectivity index (χ2n) is 4.53. The van der Waals surface area contributed by atoms with Crippen molar-refractivity contribution in [1.82, 2.24) is 10.2 Å². The van der Waals surface area contributed by atoms with E-state index < -0.39 is 0 Å². The Hall–Kier alpha value is -1.79. The summed E-state index contributed by atoms with van der Waals surface area (Å²) < 4.78 is 0. The van der Waals surface area contributed by atoms with Crippen LogP contribution in [0.2, 0.25) is 0 Å². The van der Waals surface area contributed by atoms with Crippen molar-refractivity contribution in [3.8, 4) is 11.8 Å². The first-order valence-electron chi connectivity index (χ1n) is 6.32. The van der Waals surface area contributed by atoms with Crippen molar-refractivity contribution in [3.63, 3.8) is 0 Å². The van der Waals surface area contributed by atoms with E-state index in [1.165, 1.54) is 0 Å². The molecule has 1 aromatic rings. The van der Waals surface area contributed by atoms with Crippen LogP contribution in [-0.4, -0.2) is 37.0 Å². The first-order chi connectivity index (χ1) is 8.77. The maximum atomic E-state index is 11.9. The zero-order chi connectivity index (χ0) is 12.8. The van der Waals surface area contributed by atoms with Gasteiger partial charge in [-0.25, -0.2) is 0 Å². The Balaban J connectivity index is 1.97. The van der Waals surface area contributed by atoms with Crippen molar-refractivity contribution in [2.24, 2.45) is 0 Å². The van der Waals surface area contributed by atoms with E-state index in [1.807, 2.05) is 37.4 Å². The van der Waals surface area contributed by atoms with Gasteiger partial charge in [0.15, 0.2) is 0 Å². The van der Waals surface area contributed by atoms with Crippen molar-refractivity contribution >= 4 is 5.91 Å². The second-order valence-corrected chi connectivity index (χ2v) is 4.53. The number of carbonyl (C=O) groups excluding carboxylic acids is 1. The van der Waals surface area contributed by atoms with Gasteiger partial charge in [-0.05, 0) is 31.5 Å². The summed E-state index contributed by atoms with van der Waals surface area (Å²) in [5.41, 5.74) is 0.876. The lowest BCUT2D eigenvalue weighted by atomic mass is 10.1. The van der Waals surface area contributed by atoms with Crippen molar-refractivity contribution in [1.29, 1.82) is 0 Å². The summed E-state index contributed by atoms with van der Waals surface area (Å²) in [6, 6.07) is 9.86. The summed E-state index contributed by atoms with van der Waals surface area (Å²) in [7, 11) is 1.83. The summed E-state index contributed by atoms with van der Waals surface area (Å²) in [4.78, 5) is 13.7. The fourth-order valence-electron chi connectivity index (χ4n) is 2.07. The Morgan fingerprint density at radius 3 is 2.83 bits per heavy atom. The predicted octanol–water partition coefficient (Wildman–Crippen LogP) is 1.25. The van der Waals surface area contributed by atoms with Gasteiger partial charge < -0.3 is 10.2 Å². The van der Waals surface area contributed by atoms with Crippen molar-refractivity contribution in [2.45, 2.75) is 18.9 Å². The molecule has 1 heterocycles. The van der Waals surface area contributed by atoms with Crippen LogP contribution >= 0.6 is 0 Å². The Labute approximate surface area is 108 Å². The lowest BCUT2D eigenvalue weighted by Gasteiger charge is -2.30. The number of amides is 1. The van der Waals surface area contributed by atoms with Crippen LogP contribution < -0.4 is 5.32 Å². The minimum atomic E-state index is -0.104. The first-order valence-corrected chi connectivity index (χ1v) is 6.32. The number of hydrogen-bond donors (Lipinski definition) is 1. The third kappa shape index (κ3) is 3.35. The molecule has 1 amide bonds. The van der Waals surface area contributed by atoms with Crippen LogP contribution in [0.3, 0.4) is 0 Å². The highest BCUT2D eigenvalue weighted by Crippen LogP contribution is 2.08. The molecular weight excluding hydrogens is 224 g/mol. The minimum Gasteiger partial charge on any atom is -0.331 e. The predicted molar refractivity (Wildman–Crippen MR) is 72.0 cm³/mol. The standard InChI is InChI=1S/C15H18N2O/c1-17(14-8-5-11-16-12-14)15(18)10-9-13-6-3-2-4-7-13/h2-4,6-7,14,16H,5,8,11-12H2,1H3. The van der Waals surface area contributed by atoms with Gasteiger partial charge in [0.2, 0.25) is 0 Å². The van der Waals surface area contributed by atoms with E-state index >= 15 is 0 Å². The minimum absolute atomic E-state index is 0.104. The van der Waals surface area contributed by atoms with Crippen LogP contribution in [0.15, 0.2) is 30.3 Å². The number of piperidine rings is 1. The largest absolute Gasteiger partial charge is 0.331 e. The van der Waals surface area contributed by atoms with Crippen LogP contribution in [0.5, 0.6) is 0 Å². The molecule has 0 bridgehead atoms. The average molecular weight is 242 g/mol.